The molecule has 0 atom stereocenters. The van der Waals surface area contributed by atoms with E-state index in [9.17, 15) is 9.59 Å². The zero-order chi connectivity index (χ0) is 15.1. The van der Waals surface area contributed by atoms with Gasteiger partial charge in [-0.25, -0.2) is 4.79 Å². The second-order valence-corrected chi connectivity index (χ2v) is 4.86. The molecule has 0 aromatic rings. The number of carboxylic acid groups (broad SMARTS) is 1. The third-order valence-corrected chi connectivity index (χ3v) is 3.02. The number of carbonyl (C=O) groups is 2. The summed E-state index contributed by atoms with van der Waals surface area (Å²) in [6, 6.07) is 0. The molecular formula is C15H28O5. The van der Waals surface area contributed by atoms with Crippen LogP contribution in [0.3, 0.4) is 0 Å². The van der Waals surface area contributed by atoms with E-state index in [2.05, 4.69) is 4.74 Å². The highest BCUT2D eigenvalue weighted by molar-refractivity contribution is 5.66. The fourth-order valence-corrected chi connectivity index (χ4v) is 1.93. The van der Waals surface area contributed by atoms with Crippen molar-refractivity contribution in [3.63, 3.8) is 0 Å². The molecule has 0 spiro atoms. The molecule has 0 amide bonds. The molecule has 5 heteroatoms. The lowest BCUT2D eigenvalue weighted by Gasteiger charge is -2.04. The Bertz CT molecular complexity index is 253. The smallest absolute Gasteiger partial charge is 0.481 e. The van der Waals surface area contributed by atoms with Crippen molar-refractivity contribution in [2.24, 2.45) is 0 Å². The van der Waals surface area contributed by atoms with Crippen LogP contribution in [0.4, 0.5) is 4.79 Å². The minimum absolute atomic E-state index is 0.292. The Morgan fingerprint density at radius 3 is 1.80 bits per heavy atom. The van der Waals surface area contributed by atoms with Gasteiger partial charge in [-0.15, -0.1) is 0 Å². The van der Waals surface area contributed by atoms with Crippen molar-refractivity contribution in [2.45, 2.75) is 71.1 Å². The Labute approximate surface area is 121 Å². The van der Waals surface area contributed by atoms with Gasteiger partial charge in [-0.05, 0) is 19.8 Å². The SMILES string of the molecule is CCOC(=O)OCCCCCCCCCCCC(=O)O. The zero-order valence-electron chi connectivity index (χ0n) is 12.6. The number of hydrogen-bond donors (Lipinski definition) is 1. The van der Waals surface area contributed by atoms with Crippen molar-refractivity contribution in [1.29, 1.82) is 0 Å². The van der Waals surface area contributed by atoms with Crippen LogP contribution in [-0.4, -0.2) is 30.4 Å². The van der Waals surface area contributed by atoms with Crippen LogP contribution in [-0.2, 0) is 14.3 Å². The Morgan fingerprint density at radius 1 is 0.800 bits per heavy atom. The van der Waals surface area contributed by atoms with E-state index in [1.165, 1.54) is 19.3 Å². The summed E-state index contributed by atoms with van der Waals surface area (Å²) < 4.78 is 9.52. The van der Waals surface area contributed by atoms with Gasteiger partial charge in [0.2, 0.25) is 0 Å². The fraction of sp³-hybridized carbons (Fsp3) is 0.867. The lowest BCUT2D eigenvalue weighted by molar-refractivity contribution is -0.137. The Hall–Kier alpha value is -1.26. The average Bonchev–Trinajstić information content (AvgIpc) is 2.40. The van der Waals surface area contributed by atoms with Crippen molar-refractivity contribution < 1.29 is 24.2 Å². The van der Waals surface area contributed by atoms with Gasteiger partial charge in [-0.1, -0.05) is 44.9 Å². The van der Waals surface area contributed by atoms with E-state index in [-0.39, 0.29) is 0 Å². The minimum atomic E-state index is -0.699. The molecule has 0 aromatic heterocycles. The van der Waals surface area contributed by atoms with Crippen LogP contribution in [0, 0.1) is 0 Å². The first-order valence-corrected chi connectivity index (χ1v) is 7.68. The first-order valence-electron chi connectivity index (χ1n) is 7.68. The summed E-state index contributed by atoms with van der Waals surface area (Å²) in [6.07, 6.45) is 9.33. The molecule has 5 nitrogen and oxygen atoms in total. The number of aliphatic carboxylic acids is 1. The predicted octanol–water partition coefficient (Wildman–Crippen LogP) is 4.15. The maximum absolute atomic E-state index is 10.9. The predicted molar refractivity (Wildman–Crippen MR) is 76.8 cm³/mol. The molecule has 0 aliphatic heterocycles. The summed E-state index contributed by atoms with van der Waals surface area (Å²) in [5, 5.41) is 8.48. The van der Waals surface area contributed by atoms with Crippen molar-refractivity contribution in [2.75, 3.05) is 13.2 Å². The monoisotopic (exact) mass is 288 g/mol. The molecule has 0 radical (unpaired) electrons. The topological polar surface area (TPSA) is 72.8 Å². The highest BCUT2D eigenvalue weighted by Crippen LogP contribution is 2.10. The van der Waals surface area contributed by atoms with Crippen LogP contribution in [0.5, 0.6) is 0 Å². The van der Waals surface area contributed by atoms with Crippen molar-refractivity contribution in [3.05, 3.63) is 0 Å². The number of carbonyl (C=O) groups excluding carboxylic acids is 1. The summed E-state index contributed by atoms with van der Waals surface area (Å²) in [5.41, 5.74) is 0. The molecule has 0 fully saturated rings. The lowest BCUT2D eigenvalue weighted by Crippen LogP contribution is -2.07. The van der Waals surface area contributed by atoms with E-state index in [0.717, 1.165) is 38.5 Å². The van der Waals surface area contributed by atoms with E-state index in [1.807, 2.05) is 0 Å². The number of carboxylic acids is 1. The van der Waals surface area contributed by atoms with Gasteiger partial charge in [-0.2, -0.15) is 0 Å². The summed E-state index contributed by atoms with van der Waals surface area (Å²) in [5.74, 6) is -0.699. The van der Waals surface area contributed by atoms with Crippen LogP contribution >= 0.6 is 0 Å². The Morgan fingerprint density at radius 2 is 1.30 bits per heavy atom. The van der Waals surface area contributed by atoms with E-state index in [1.54, 1.807) is 6.92 Å². The van der Waals surface area contributed by atoms with E-state index in [4.69, 9.17) is 9.84 Å². The average molecular weight is 288 g/mol. The molecule has 20 heavy (non-hydrogen) atoms. The van der Waals surface area contributed by atoms with E-state index >= 15 is 0 Å². The second-order valence-electron chi connectivity index (χ2n) is 4.86. The molecule has 0 unspecified atom stereocenters. The van der Waals surface area contributed by atoms with Crippen LogP contribution in [0.2, 0.25) is 0 Å². The zero-order valence-corrected chi connectivity index (χ0v) is 12.6. The van der Waals surface area contributed by atoms with Crippen LogP contribution in [0.15, 0.2) is 0 Å². The molecule has 0 saturated heterocycles. The van der Waals surface area contributed by atoms with Crippen molar-refractivity contribution in [1.82, 2.24) is 0 Å². The molecular weight excluding hydrogens is 260 g/mol. The third-order valence-electron chi connectivity index (χ3n) is 3.02. The van der Waals surface area contributed by atoms with Crippen LogP contribution in [0.25, 0.3) is 0 Å². The van der Waals surface area contributed by atoms with Gasteiger partial charge in [0.15, 0.2) is 0 Å². The standard InChI is InChI=1S/C15H28O5/c1-2-19-15(18)20-13-11-9-7-5-3-4-6-8-10-12-14(16)17/h2-13H2,1H3,(H,16,17). The molecule has 0 saturated carbocycles. The lowest BCUT2D eigenvalue weighted by atomic mass is 10.1. The Kier molecular flexibility index (Phi) is 13.3. The van der Waals surface area contributed by atoms with Crippen molar-refractivity contribution in [3.8, 4) is 0 Å². The van der Waals surface area contributed by atoms with Gasteiger partial charge in [0, 0.05) is 6.42 Å². The van der Waals surface area contributed by atoms with Gasteiger partial charge in [0.1, 0.15) is 0 Å². The summed E-state index contributed by atoms with van der Waals surface area (Å²) >= 11 is 0. The fourth-order valence-electron chi connectivity index (χ4n) is 1.93. The largest absolute Gasteiger partial charge is 0.508 e. The molecule has 118 valence electrons. The van der Waals surface area contributed by atoms with Gasteiger partial charge >= 0.3 is 12.1 Å². The highest BCUT2D eigenvalue weighted by Gasteiger charge is 2.00. The van der Waals surface area contributed by atoms with Crippen LogP contribution in [0.1, 0.15) is 71.1 Å². The highest BCUT2D eigenvalue weighted by atomic mass is 16.7. The van der Waals surface area contributed by atoms with E-state index in [0.29, 0.717) is 19.6 Å². The normalized spacial score (nSPS) is 10.2. The van der Waals surface area contributed by atoms with Crippen LogP contribution < -0.4 is 0 Å². The molecule has 0 aromatic carbocycles. The van der Waals surface area contributed by atoms with Gasteiger partial charge in [-0.3, -0.25) is 4.79 Å². The minimum Gasteiger partial charge on any atom is -0.481 e. The first-order chi connectivity index (χ1) is 9.66. The molecule has 1 N–H and O–H groups in total. The first kappa shape index (κ1) is 18.7. The maximum Gasteiger partial charge on any atom is 0.508 e. The molecule has 0 bridgehead atoms. The number of ether oxygens (including phenoxy) is 2. The number of rotatable bonds is 13. The molecule has 0 aliphatic rings. The Balaban J connectivity index is 3.06. The maximum atomic E-state index is 10.9. The molecule has 0 heterocycles. The summed E-state index contributed by atoms with van der Waals surface area (Å²) in [4.78, 5) is 21.2. The quantitative estimate of drug-likeness (QED) is 0.407. The summed E-state index contributed by atoms with van der Waals surface area (Å²) in [7, 11) is 0. The number of hydrogen-bond acceptors (Lipinski definition) is 4. The second kappa shape index (κ2) is 14.2. The molecule has 0 rings (SSSR count). The third kappa shape index (κ3) is 14.8. The summed E-state index contributed by atoms with van der Waals surface area (Å²) in [6.45, 7) is 2.54. The van der Waals surface area contributed by atoms with Gasteiger partial charge < -0.3 is 14.6 Å². The number of unbranched alkanes of at least 4 members (excludes halogenated alkanes) is 8. The van der Waals surface area contributed by atoms with Crippen molar-refractivity contribution >= 4 is 12.1 Å². The molecule has 0 aliphatic carbocycles. The van der Waals surface area contributed by atoms with E-state index < -0.39 is 12.1 Å². The van der Waals surface area contributed by atoms with Gasteiger partial charge in [0.25, 0.3) is 0 Å². The van der Waals surface area contributed by atoms with Gasteiger partial charge in [0.05, 0.1) is 13.2 Å².